The second-order valence-electron chi connectivity index (χ2n) is 11.2. The number of ether oxygens (including phenoxy) is 2. The molecule has 4 N–H and O–H groups in total. The first kappa shape index (κ1) is 31.6. The summed E-state index contributed by atoms with van der Waals surface area (Å²) in [5.41, 5.74) is 3.36. The van der Waals surface area contributed by atoms with E-state index in [-0.39, 0.29) is 35.4 Å². The van der Waals surface area contributed by atoms with E-state index < -0.39 is 22.4 Å². The molecular formula is C34H38N2O7S. The molecule has 44 heavy (non-hydrogen) atoms. The number of rotatable bonds is 11. The molecule has 10 heteroatoms. The van der Waals surface area contributed by atoms with Crippen LogP contribution < -0.4 is 4.72 Å². The van der Waals surface area contributed by atoms with Gasteiger partial charge in [0.05, 0.1) is 29.8 Å². The molecule has 4 aromatic carbocycles. The van der Waals surface area contributed by atoms with E-state index in [0.717, 1.165) is 11.1 Å². The fraction of sp³-hybridized carbons (Fsp3) is 0.294. The van der Waals surface area contributed by atoms with Crippen molar-refractivity contribution in [2.45, 2.75) is 43.0 Å². The van der Waals surface area contributed by atoms with Crippen LogP contribution >= 0.6 is 0 Å². The lowest BCUT2D eigenvalue weighted by atomic mass is 9.90. The van der Waals surface area contributed by atoms with Gasteiger partial charge in [-0.2, -0.15) is 0 Å². The number of aromatic hydroxyl groups is 1. The van der Waals surface area contributed by atoms with Crippen molar-refractivity contribution in [2.24, 2.45) is 5.92 Å². The van der Waals surface area contributed by atoms with Crippen LogP contribution in [0.2, 0.25) is 0 Å². The fourth-order valence-corrected chi connectivity index (χ4v) is 6.48. The summed E-state index contributed by atoms with van der Waals surface area (Å²) in [5, 5.41) is 30.2. The number of nitrogens with zero attached hydrogens (tertiary/aromatic N) is 1. The van der Waals surface area contributed by atoms with E-state index in [1.54, 1.807) is 60.7 Å². The zero-order valence-electron chi connectivity index (χ0n) is 24.7. The van der Waals surface area contributed by atoms with Gasteiger partial charge in [0.15, 0.2) is 6.29 Å². The maximum atomic E-state index is 13.0. The Morgan fingerprint density at radius 2 is 1.61 bits per heavy atom. The Hall–Kier alpha value is -3.77. The summed E-state index contributed by atoms with van der Waals surface area (Å²) in [6.07, 6.45) is -2.29. The van der Waals surface area contributed by atoms with Crippen molar-refractivity contribution in [1.29, 1.82) is 0 Å². The van der Waals surface area contributed by atoms with E-state index in [0.29, 0.717) is 29.9 Å². The van der Waals surface area contributed by atoms with Crippen molar-refractivity contribution in [1.82, 2.24) is 4.90 Å². The van der Waals surface area contributed by atoms with Gasteiger partial charge in [-0.25, -0.2) is 8.42 Å². The number of phenolic OH excluding ortho intramolecular Hbond substituents is 1. The van der Waals surface area contributed by atoms with Crippen molar-refractivity contribution in [3.05, 3.63) is 125 Å². The summed E-state index contributed by atoms with van der Waals surface area (Å²) in [7, 11) is -1.89. The van der Waals surface area contributed by atoms with Crippen LogP contribution in [0.4, 0.5) is 5.69 Å². The standard InChI is InChI=1S/C34H38N2O7S/c1-23-32(21-36(2)20-31(39)26-8-7-11-29(38)19-26)42-34(43-33(23)25-16-14-24(22-37)15-17-25)27-9-6-10-28(18-27)35-44(40,41)30-12-4-3-5-13-30/h3-19,23,31-35,37-39H,20-22H2,1-2H3/t23-,31+,32+,33+,34?/m0/s1. The zero-order chi connectivity index (χ0) is 31.3. The van der Waals surface area contributed by atoms with Crippen LogP contribution in [0.15, 0.2) is 108 Å². The Bertz CT molecular complexity index is 1630. The predicted molar refractivity (Wildman–Crippen MR) is 167 cm³/mol. The third-order valence-corrected chi connectivity index (χ3v) is 9.22. The number of anilines is 1. The number of phenols is 1. The third kappa shape index (κ3) is 7.65. The Kier molecular flexibility index (Phi) is 10.00. The fourth-order valence-electron chi connectivity index (χ4n) is 5.40. The molecule has 0 amide bonds. The smallest absolute Gasteiger partial charge is 0.261 e. The number of aliphatic hydroxyl groups excluding tert-OH is 2. The molecule has 1 saturated heterocycles. The second kappa shape index (κ2) is 13.9. The van der Waals surface area contributed by atoms with Gasteiger partial charge in [0.1, 0.15) is 5.75 Å². The molecule has 4 aromatic rings. The van der Waals surface area contributed by atoms with Gasteiger partial charge in [0, 0.05) is 30.3 Å². The highest BCUT2D eigenvalue weighted by Gasteiger charge is 2.39. The maximum Gasteiger partial charge on any atom is 0.261 e. The molecule has 0 radical (unpaired) electrons. The van der Waals surface area contributed by atoms with Crippen LogP contribution in [-0.4, -0.2) is 54.9 Å². The van der Waals surface area contributed by atoms with Crippen LogP contribution in [0.3, 0.4) is 0 Å². The summed E-state index contributed by atoms with van der Waals surface area (Å²) in [4.78, 5) is 2.14. The first-order valence-corrected chi connectivity index (χ1v) is 16.0. The first-order chi connectivity index (χ1) is 21.1. The lowest BCUT2D eigenvalue weighted by Gasteiger charge is -2.42. The largest absolute Gasteiger partial charge is 0.508 e. The van der Waals surface area contributed by atoms with E-state index in [1.165, 1.54) is 12.1 Å². The van der Waals surface area contributed by atoms with Crippen molar-refractivity contribution in [2.75, 3.05) is 24.9 Å². The average molecular weight is 619 g/mol. The normalized spacial score (nSPS) is 21.2. The van der Waals surface area contributed by atoms with E-state index in [4.69, 9.17) is 9.47 Å². The van der Waals surface area contributed by atoms with E-state index in [1.807, 2.05) is 42.3 Å². The molecule has 0 saturated carbocycles. The van der Waals surface area contributed by atoms with Gasteiger partial charge in [-0.15, -0.1) is 0 Å². The summed E-state index contributed by atoms with van der Waals surface area (Å²) in [6, 6.07) is 29.3. The van der Waals surface area contributed by atoms with Crippen molar-refractivity contribution >= 4 is 15.7 Å². The Labute approximate surface area is 258 Å². The number of aliphatic hydroxyl groups is 2. The van der Waals surface area contributed by atoms with E-state index in [9.17, 15) is 23.7 Å². The van der Waals surface area contributed by atoms with Crippen molar-refractivity contribution in [3.8, 4) is 5.75 Å². The molecule has 1 unspecified atom stereocenters. The maximum absolute atomic E-state index is 13.0. The Balaban J connectivity index is 1.38. The van der Waals surface area contributed by atoms with Crippen molar-refractivity contribution in [3.63, 3.8) is 0 Å². The molecule has 0 aromatic heterocycles. The number of sulfonamides is 1. The van der Waals surface area contributed by atoms with Crippen LogP contribution in [-0.2, 0) is 26.1 Å². The van der Waals surface area contributed by atoms with E-state index >= 15 is 0 Å². The van der Waals surface area contributed by atoms with Gasteiger partial charge < -0.3 is 29.7 Å². The second-order valence-corrected chi connectivity index (χ2v) is 12.9. The molecular weight excluding hydrogens is 580 g/mol. The molecule has 5 atom stereocenters. The SMILES string of the molecule is C[C@H]1[C@@H](CN(C)C[C@@H](O)c2cccc(O)c2)OC(c2cccc(NS(=O)(=O)c3ccccc3)c2)O[C@H]1c1ccc(CO)cc1. The molecule has 5 rings (SSSR count). The number of benzene rings is 4. The molecule has 232 valence electrons. The third-order valence-electron chi connectivity index (χ3n) is 7.82. The highest BCUT2D eigenvalue weighted by atomic mass is 32.2. The highest BCUT2D eigenvalue weighted by Crippen LogP contribution is 2.42. The number of likely N-dealkylation sites (N-methyl/N-ethyl adjacent to an activating group) is 1. The summed E-state index contributed by atoms with van der Waals surface area (Å²) < 4.78 is 41.6. The van der Waals surface area contributed by atoms with Gasteiger partial charge >= 0.3 is 0 Å². The molecule has 1 fully saturated rings. The van der Waals surface area contributed by atoms with Gasteiger partial charge in [0.25, 0.3) is 10.0 Å². The first-order valence-electron chi connectivity index (χ1n) is 14.5. The predicted octanol–water partition coefficient (Wildman–Crippen LogP) is 5.14. The van der Waals surface area contributed by atoms with Crippen molar-refractivity contribution < 1.29 is 33.2 Å². The molecule has 0 spiro atoms. The van der Waals surface area contributed by atoms with Crippen LogP contribution in [0.25, 0.3) is 0 Å². The lowest BCUT2D eigenvalue weighted by Crippen LogP contribution is -2.44. The Morgan fingerprint density at radius 3 is 2.32 bits per heavy atom. The molecule has 1 aliphatic rings. The molecule has 9 nitrogen and oxygen atoms in total. The molecule has 0 aliphatic carbocycles. The van der Waals surface area contributed by atoms with Crippen LogP contribution in [0, 0.1) is 5.92 Å². The van der Waals surface area contributed by atoms with Gasteiger partial charge in [-0.05, 0) is 60.1 Å². The van der Waals surface area contributed by atoms with Crippen LogP contribution in [0.5, 0.6) is 5.75 Å². The molecule has 1 heterocycles. The summed E-state index contributed by atoms with van der Waals surface area (Å²) in [5.74, 6) is 0.00290. The Morgan fingerprint density at radius 1 is 0.886 bits per heavy atom. The average Bonchev–Trinajstić information content (AvgIpc) is 3.02. The monoisotopic (exact) mass is 618 g/mol. The number of nitrogens with one attached hydrogen (secondary N) is 1. The molecule has 0 bridgehead atoms. The topological polar surface area (TPSA) is 129 Å². The molecule has 1 aliphatic heterocycles. The van der Waals surface area contributed by atoms with Gasteiger partial charge in [-0.3, -0.25) is 4.72 Å². The van der Waals surface area contributed by atoms with Crippen LogP contribution in [0.1, 0.15) is 47.7 Å². The minimum absolute atomic E-state index is 0.0618. The summed E-state index contributed by atoms with van der Waals surface area (Å²) >= 11 is 0. The van der Waals surface area contributed by atoms with E-state index in [2.05, 4.69) is 11.6 Å². The lowest BCUT2D eigenvalue weighted by molar-refractivity contribution is -0.276. The minimum Gasteiger partial charge on any atom is -0.508 e. The summed E-state index contributed by atoms with van der Waals surface area (Å²) in [6.45, 7) is 2.78. The quantitative estimate of drug-likeness (QED) is 0.182. The van der Waals surface area contributed by atoms with Gasteiger partial charge in [0.2, 0.25) is 0 Å². The zero-order valence-corrected chi connectivity index (χ0v) is 25.5. The minimum atomic E-state index is -3.79. The number of hydrogen-bond acceptors (Lipinski definition) is 8. The van der Waals surface area contributed by atoms with Gasteiger partial charge in [-0.1, -0.05) is 73.7 Å². The highest BCUT2D eigenvalue weighted by molar-refractivity contribution is 7.92. The number of hydrogen-bond donors (Lipinski definition) is 4.